The Morgan fingerprint density at radius 3 is 1.52 bits per heavy atom. The normalized spacial score (nSPS) is 13.3. The predicted molar refractivity (Wildman–Crippen MR) is 102 cm³/mol. The van der Waals surface area contributed by atoms with Gasteiger partial charge in [0.1, 0.15) is 0 Å². The first kappa shape index (κ1) is 28.8. The van der Waals surface area contributed by atoms with E-state index in [1.54, 1.807) is 0 Å². The van der Waals surface area contributed by atoms with E-state index in [1.807, 2.05) is 0 Å². The quantitative estimate of drug-likeness (QED) is 0.389. The second-order valence-corrected chi connectivity index (χ2v) is 11.3. The van der Waals surface area contributed by atoms with Gasteiger partial charge < -0.3 is 0 Å². The maximum absolute atomic E-state index is 12.8. The monoisotopic (exact) mass is 545 g/mol. The summed E-state index contributed by atoms with van der Waals surface area (Å²) < 4.78 is 151. The van der Waals surface area contributed by atoms with Crippen molar-refractivity contribution in [2.45, 2.75) is 22.2 Å². The molecular formula is C16H14F7NO6S3. The molecule has 0 saturated carbocycles. The number of hydrogen-bond donors (Lipinski definition) is 0. The highest BCUT2D eigenvalue weighted by Crippen LogP contribution is 2.31. The summed E-state index contributed by atoms with van der Waals surface area (Å²) in [4.78, 5) is -0.581. The van der Waals surface area contributed by atoms with E-state index in [0.717, 1.165) is 24.3 Å². The highest BCUT2D eigenvalue weighted by molar-refractivity contribution is 8.02. The Balaban J connectivity index is 0.000000346. The van der Waals surface area contributed by atoms with Gasteiger partial charge in [-0.3, -0.25) is 0 Å². The molecule has 0 radical (unpaired) electrons. The number of halogens is 7. The first-order chi connectivity index (χ1) is 14.9. The number of hydrogen-bond acceptors (Lipinski definition) is 6. The molecule has 7 nitrogen and oxygen atoms in total. The molecule has 0 aliphatic rings. The van der Waals surface area contributed by atoms with Crippen LogP contribution < -0.4 is 0 Å². The molecule has 2 aromatic rings. The topological polar surface area (TPSA) is 106 Å². The van der Waals surface area contributed by atoms with E-state index >= 15 is 0 Å². The Bertz CT molecular complexity index is 1230. The zero-order valence-corrected chi connectivity index (χ0v) is 18.4. The highest BCUT2D eigenvalue weighted by atomic mass is 32.3. The molecule has 0 N–H and O–H groups in total. The fourth-order valence-corrected chi connectivity index (χ4v) is 5.02. The minimum Gasteiger partial charge on any atom is -0.243 e. The van der Waals surface area contributed by atoms with Gasteiger partial charge >= 0.3 is 31.2 Å². The lowest BCUT2D eigenvalue weighted by atomic mass is 10.2. The van der Waals surface area contributed by atoms with Gasteiger partial charge in [-0.05, 0) is 17.7 Å². The Kier molecular flexibility index (Phi) is 9.03. The lowest BCUT2D eigenvalue weighted by Crippen LogP contribution is -2.42. The van der Waals surface area contributed by atoms with Crippen LogP contribution in [0, 0.1) is 0 Å². The molecule has 0 heterocycles. The van der Waals surface area contributed by atoms with Crippen LogP contribution in [0.15, 0.2) is 65.6 Å². The summed E-state index contributed by atoms with van der Waals surface area (Å²) in [5.74, 6) is 0. The minimum atomic E-state index is -6.32. The first-order valence-corrected chi connectivity index (χ1v) is 12.5. The number of benzene rings is 2. The third-order valence-corrected chi connectivity index (χ3v) is 8.34. The Hall–Kier alpha value is -2.24. The Morgan fingerprint density at radius 2 is 1.15 bits per heavy atom. The van der Waals surface area contributed by atoms with Crippen molar-refractivity contribution in [3.8, 4) is 0 Å². The van der Waals surface area contributed by atoms with E-state index in [9.17, 15) is 55.5 Å². The van der Waals surface area contributed by atoms with Crippen LogP contribution in [0.3, 0.4) is 0 Å². The molecule has 0 saturated heterocycles. The molecule has 0 aliphatic carbocycles. The molecule has 0 aromatic heterocycles. The summed E-state index contributed by atoms with van der Waals surface area (Å²) in [6.07, 6.45) is 0. The summed E-state index contributed by atoms with van der Waals surface area (Å²) in [7, 11) is -17.3. The molecule has 2 rings (SSSR count). The van der Waals surface area contributed by atoms with Crippen LogP contribution in [0.5, 0.6) is 0 Å². The van der Waals surface area contributed by atoms with E-state index in [4.69, 9.17) is 0 Å². The van der Waals surface area contributed by atoms with Crippen LogP contribution in [0.25, 0.3) is 0 Å². The largest absolute Gasteiger partial charge is 0.512 e. The van der Waals surface area contributed by atoms with Crippen LogP contribution in [0.2, 0.25) is 0 Å². The van der Waals surface area contributed by atoms with Gasteiger partial charge in [0.2, 0.25) is 9.84 Å². The van der Waals surface area contributed by atoms with Gasteiger partial charge in [-0.1, -0.05) is 56.1 Å². The van der Waals surface area contributed by atoms with Gasteiger partial charge in [0, 0.05) is 0 Å². The van der Waals surface area contributed by atoms with Crippen molar-refractivity contribution in [2.75, 3.05) is 6.67 Å². The zero-order valence-electron chi connectivity index (χ0n) is 16.0. The van der Waals surface area contributed by atoms with Crippen molar-refractivity contribution < 1.29 is 55.5 Å². The standard InChI is InChI=1S/C8H7F4NO4S2.C8H7F3O2S/c9-8(10,11)18(14,15)13(19(12,16)17)6-7-4-2-1-3-5-7;9-6-8(10,11)14(12,13)7-4-2-1-3-5-7/h1-5H,6H2;1-5H,6H2. The van der Waals surface area contributed by atoms with Crippen molar-refractivity contribution in [3.63, 3.8) is 0 Å². The van der Waals surface area contributed by atoms with Gasteiger partial charge in [-0.2, -0.15) is 30.4 Å². The van der Waals surface area contributed by atoms with E-state index in [1.165, 1.54) is 36.4 Å². The first-order valence-electron chi connectivity index (χ1n) is 8.19. The van der Waals surface area contributed by atoms with Gasteiger partial charge in [0.15, 0.2) is 6.67 Å². The third kappa shape index (κ3) is 7.12. The molecular weight excluding hydrogens is 531 g/mol. The van der Waals surface area contributed by atoms with Crippen LogP contribution in [-0.4, -0.2) is 46.4 Å². The van der Waals surface area contributed by atoms with Crippen LogP contribution in [0.1, 0.15) is 5.56 Å². The number of rotatable bonds is 7. The van der Waals surface area contributed by atoms with Gasteiger partial charge in [-0.25, -0.2) is 21.2 Å². The van der Waals surface area contributed by atoms with E-state index < -0.39 is 62.9 Å². The molecule has 0 amide bonds. The SMILES string of the molecule is O=S(=O)(F)N(Cc1ccccc1)S(=O)(=O)C(F)(F)F.O=S(=O)(c1ccccc1)C(F)(F)CF. The minimum absolute atomic E-state index is 0.114. The summed E-state index contributed by atoms with van der Waals surface area (Å²) >= 11 is 0. The number of alkyl halides is 6. The van der Waals surface area contributed by atoms with Crippen molar-refractivity contribution in [1.82, 2.24) is 3.71 Å². The third-order valence-electron chi connectivity index (χ3n) is 3.56. The van der Waals surface area contributed by atoms with Crippen molar-refractivity contribution in [2.24, 2.45) is 0 Å². The predicted octanol–water partition coefficient (Wildman–Crippen LogP) is 3.58. The molecule has 0 fully saturated rings. The van der Waals surface area contributed by atoms with Crippen molar-refractivity contribution >= 4 is 30.3 Å². The summed E-state index contributed by atoms with van der Waals surface area (Å²) in [5.41, 5.74) is -6.03. The summed E-state index contributed by atoms with van der Waals surface area (Å²) in [6.45, 7) is -3.49. The van der Waals surface area contributed by atoms with Gasteiger partial charge in [-0.15, -0.1) is 0 Å². The Morgan fingerprint density at radius 1 is 0.727 bits per heavy atom. The van der Waals surface area contributed by atoms with Gasteiger partial charge in [0.05, 0.1) is 11.4 Å². The maximum Gasteiger partial charge on any atom is 0.512 e. The molecule has 0 atom stereocenters. The zero-order chi connectivity index (χ0) is 25.7. The van der Waals surface area contributed by atoms with Crippen LogP contribution in [0.4, 0.5) is 30.2 Å². The number of sulfone groups is 1. The molecule has 0 bridgehead atoms. The molecule has 17 heteroatoms. The average Bonchev–Trinajstić information content (AvgIpc) is 2.72. The summed E-state index contributed by atoms with van der Waals surface area (Å²) in [5, 5.41) is -4.35. The average molecular weight is 545 g/mol. The lowest BCUT2D eigenvalue weighted by molar-refractivity contribution is -0.0472. The van der Waals surface area contributed by atoms with E-state index in [-0.39, 0.29) is 5.56 Å². The molecule has 0 aliphatic heterocycles. The molecule has 33 heavy (non-hydrogen) atoms. The highest BCUT2D eigenvalue weighted by Gasteiger charge is 2.54. The molecule has 0 unspecified atom stereocenters. The number of nitrogens with zero attached hydrogens (tertiary/aromatic N) is 1. The number of sulfonamides is 1. The van der Waals surface area contributed by atoms with Crippen LogP contribution in [-0.2, 0) is 36.8 Å². The summed E-state index contributed by atoms with van der Waals surface area (Å²) in [6, 6.07) is 12.5. The second-order valence-electron chi connectivity index (χ2n) is 5.90. The maximum atomic E-state index is 12.8. The van der Waals surface area contributed by atoms with Crippen molar-refractivity contribution in [1.29, 1.82) is 0 Å². The Labute approximate surface area is 184 Å². The smallest absolute Gasteiger partial charge is 0.243 e. The second kappa shape index (κ2) is 10.4. The van der Waals surface area contributed by atoms with E-state index in [0.29, 0.717) is 0 Å². The molecule has 0 spiro atoms. The fourth-order valence-electron chi connectivity index (χ4n) is 1.97. The van der Waals surface area contributed by atoms with Crippen molar-refractivity contribution in [3.05, 3.63) is 66.2 Å². The molecule has 2 aromatic carbocycles. The lowest BCUT2D eigenvalue weighted by Gasteiger charge is -2.18. The molecule has 186 valence electrons. The fraction of sp³-hybridized carbons (Fsp3) is 0.250. The van der Waals surface area contributed by atoms with Crippen LogP contribution >= 0.6 is 0 Å². The van der Waals surface area contributed by atoms with Gasteiger partial charge in [0.25, 0.3) is 0 Å². The van der Waals surface area contributed by atoms with E-state index in [2.05, 4.69) is 0 Å².